The molecule has 0 saturated carbocycles. The quantitative estimate of drug-likeness (QED) is 0.374. The Morgan fingerprint density at radius 2 is 1.79 bits per heavy atom. The number of ketones is 1. The lowest BCUT2D eigenvalue weighted by atomic mass is 10.1. The summed E-state index contributed by atoms with van der Waals surface area (Å²) in [6, 6.07) is 12.4. The molecular formula is C21H22ClNO4S. The smallest absolute Gasteiger partial charge is 0.307 e. The number of benzene rings is 2. The van der Waals surface area contributed by atoms with E-state index < -0.39 is 18.0 Å². The predicted molar refractivity (Wildman–Crippen MR) is 112 cm³/mol. The topological polar surface area (TPSA) is 72.5 Å². The van der Waals surface area contributed by atoms with Crippen LogP contribution < -0.4 is 5.32 Å². The van der Waals surface area contributed by atoms with E-state index in [0.717, 1.165) is 10.5 Å². The fourth-order valence-electron chi connectivity index (χ4n) is 2.42. The predicted octanol–water partition coefficient (Wildman–Crippen LogP) is 4.90. The van der Waals surface area contributed by atoms with Gasteiger partial charge in [-0.1, -0.05) is 29.8 Å². The molecule has 0 spiro atoms. The lowest BCUT2D eigenvalue weighted by Gasteiger charge is -2.15. The van der Waals surface area contributed by atoms with Crippen LogP contribution in [0.15, 0.2) is 47.4 Å². The molecule has 5 nitrogen and oxygen atoms in total. The van der Waals surface area contributed by atoms with Crippen molar-refractivity contribution in [3.05, 3.63) is 58.6 Å². The molecule has 0 heterocycles. The summed E-state index contributed by atoms with van der Waals surface area (Å²) in [4.78, 5) is 37.5. The molecule has 0 unspecified atom stereocenters. The first-order valence-corrected chi connectivity index (χ1v) is 10.3. The van der Waals surface area contributed by atoms with Gasteiger partial charge < -0.3 is 10.1 Å². The largest absolute Gasteiger partial charge is 0.453 e. The van der Waals surface area contributed by atoms with Crippen LogP contribution in [-0.4, -0.2) is 30.0 Å². The first kappa shape index (κ1) is 22.0. The summed E-state index contributed by atoms with van der Waals surface area (Å²) < 4.78 is 5.14. The highest BCUT2D eigenvalue weighted by Gasteiger charge is 2.19. The maximum Gasteiger partial charge on any atom is 0.307 e. The van der Waals surface area contributed by atoms with Gasteiger partial charge in [-0.25, -0.2) is 0 Å². The minimum Gasteiger partial charge on any atom is -0.453 e. The standard InChI is InChI=1S/C21H22ClNO4S/c1-13-17(22)5-4-6-18(13)23-21(26)14(2)27-20(25)12-11-19(24)15-7-9-16(28-3)10-8-15/h4-10,14H,11-12H2,1-3H3,(H,23,26)/t14-/m0/s1. The molecule has 28 heavy (non-hydrogen) atoms. The fraction of sp³-hybridized carbons (Fsp3) is 0.286. The maximum absolute atomic E-state index is 12.2. The first-order valence-electron chi connectivity index (χ1n) is 8.74. The second-order valence-electron chi connectivity index (χ2n) is 6.19. The molecule has 0 fully saturated rings. The van der Waals surface area contributed by atoms with Crippen LogP contribution in [0.1, 0.15) is 35.7 Å². The van der Waals surface area contributed by atoms with Crippen molar-refractivity contribution < 1.29 is 19.1 Å². The Hall–Kier alpha value is -2.31. The van der Waals surface area contributed by atoms with Crippen molar-refractivity contribution in [1.82, 2.24) is 0 Å². The van der Waals surface area contributed by atoms with Crippen molar-refractivity contribution in [2.75, 3.05) is 11.6 Å². The van der Waals surface area contributed by atoms with Gasteiger partial charge in [0.25, 0.3) is 5.91 Å². The van der Waals surface area contributed by atoms with Crippen LogP contribution >= 0.6 is 23.4 Å². The van der Waals surface area contributed by atoms with Crippen LogP contribution in [0.2, 0.25) is 5.02 Å². The summed E-state index contributed by atoms with van der Waals surface area (Å²) >= 11 is 7.62. The normalized spacial score (nSPS) is 11.6. The molecule has 0 aliphatic carbocycles. The molecule has 0 bridgehead atoms. The molecule has 1 amide bonds. The molecular weight excluding hydrogens is 398 g/mol. The van der Waals surface area contributed by atoms with E-state index in [0.29, 0.717) is 16.3 Å². The summed E-state index contributed by atoms with van der Waals surface area (Å²) in [7, 11) is 0. The molecule has 7 heteroatoms. The Morgan fingerprint density at radius 3 is 2.43 bits per heavy atom. The minimum atomic E-state index is -0.984. The van der Waals surface area contributed by atoms with Gasteiger partial charge in [0, 0.05) is 27.6 Å². The van der Waals surface area contributed by atoms with Gasteiger partial charge in [0.05, 0.1) is 6.42 Å². The summed E-state index contributed by atoms with van der Waals surface area (Å²) in [5.74, 6) is -1.20. The van der Waals surface area contributed by atoms with E-state index in [1.165, 1.54) is 6.92 Å². The number of anilines is 1. The summed E-state index contributed by atoms with van der Waals surface area (Å²) in [6.45, 7) is 3.27. The lowest BCUT2D eigenvalue weighted by molar-refractivity contribution is -0.153. The van der Waals surface area contributed by atoms with E-state index in [1.54, 1.807) is 49.0 Å². The van der Waals surface area contributed by atoms with Gasteiger partial charge in [-0.05, 0) is 49.9 Å². The number of hydrogen-bond acceptors (Lipinski definition) is 5. The monoisotopic (exact) mass is 419 g/mol. The van der Waals surface area contributed by atoms with Gasteiger partial charge in [-0.15, -0.1) is 11.8 Å². The van der Waals surface area contributed by atoms with E-state index in [2.05, 4.69) is 5.32 Å². The Kier molecular flexibility index (Phi) is 8.08. The Bertz CT molecular complexity index is 867. The number of carbonyl (C=O) groups is 3. The van der Waals surface area contributed by atoms with Crippen molar-refractivity contribution in [3.8, 4) is 0 Å². The van der Waals surface area contributed by atoms with Gasteiger partial charge in [-0.2, -0.15) is 0 Å². The van der Waals surface area contributed by atoms with Crippen molar-refractivity contribution in [2.24, 2.45) is 0 Å². The number of nitrogens with one attached hydrogen (secondary N) is 1. The number of carbonyl (C=O) groups excluding carboxylic acids is 3. The van der Waals surface area contributed by atoms with E-state index in [9.17, 15) is 14.4 Å². The zero-order valence-electron chi connectivity index (χ0n) is 16.0. The van der Waals surface area contributed by atoms with Gasteiger partial charge in [0.1, 0.15) is 0 Å². The third-order valence-corrected chi connectivity index (χ3v) is 5.32. The molecule has 0 aliphatic heterocycles. The molecule has 0 aliphatic rings. The minimum absolute atomic E-state index is 0.0270. The molecule has 148 valence electrons. The molecule has 0 aromatic heterocycles. The van der Waals surface area contributed by atoms with E-state index in [4.69, 9.17) is 16.3 Å². The van der Waals surface area contributed by atoms with Gasteiger partial charge in [0.2, 0.25) is 0 Å². The molecule has 0 radical (unpaired) electrons. The number of rotatable bonds is 8. The summed E-state index contributed by atoms with van der Waals surface area (Å²) in [5, 5.41) is 3.22. The number of thioether (sulfide) groups is 1. The van der Waals surface area contributed by atoms with Crippen LogP contribution in [0.3, 0.4) is 0 Å². The highest BCUT2D eigenvalue weighted by atomic mass is 35.5. The Morgan fingerprint density at radius 1 is 1.11 bits per heavy atom. The average Bonchev–Trinajstić information content (AvgIpc) is 2.69. The third-order valence-electron chi connectivity index (χ3n) is 4.17. The zero-order chi connectivity index (χ0) is 20.7. The molecule has 0 saturated heterocycles. The van der Waals surface area contributed by atoms with Crippen molar-refractivity contribution >= 4 is 46.7 Å². The SMILES string of the molecule is CSc1ccc(C(=O)CCC(=O)O[C@@H](C)C(=O)Nc2cccc(Cl)c2C)cc1. The second kappa shape index (κ2) is 10.3. The Balaban J connectivity index is 1.83. The van der Waals surface area contributed by atoms with Crippen LogP contribution in [0.4, 0.5) is 5.69 Å². The van der Waals surface area contributed by atoms with Crippen LogP contribution in [0, 0.1) is 6.92 Å². The van der Waals surface area contributed by atoms with Gasteiger partial charge in [-0.3, -0.25) is 14.4 Å². The Labute approximate surface area is 173 Å². The van der Waals surface area contributed by atoms with Crippen molar-refractivity contribution in [2.45, 2.75) is 37.7 Å². The van der Waals surface area contributed by atoms with Crippen LogP contribution in [0.25, 0.3) is 0 Å². The van der Waals surface area contributed by atoms with Crippen LogP contribution in [0.5, 0.6) is 0 Å². The highest BCUT2D eigenvalue weighted by Crippen LogP contribution is 2.23. The number of ether oxygens (including phenoxy) is 1. The number of Topliss-reactive ketones (excluding diaryl/α,β-unsaturated/α-hetero) is 1. The number of esters is 1. The average molecular weight is 420 g/mol. The third kappa shape index (κ3) is 6.11. The molecule has 1 N–H and O–H groups in total. The zero-order valence-corrected chi connectivity index (χ0v) is 17.5. The van der Waals surface area contributed by atoms with E-state index in [1.807, 2.05) is 18.4 Å². The lowest BCUT2D eigenvalue weighted by Crippen LogP contribution is -2.30. The van der Waals surface area contributed by atoms with Crippen molar-refractivity contribution in [1.29, 1.82) is 0 Å². The van der Waals surface area contributed by atoms with Crippen LogP contribution in [-0.2, 0) is 14.3 Å². The molecule has 2 rings (SSSR count). The van der Waals surface area contributed by atoms with Gasteiger partial charge >= 0.3 is 5.97 Å². The van der Waals surface area contributed by atoms with Crippen molar-refractivity contribution in [3.63, 3.8) is 0 Å². The highest BCUT2D eigenvalue weighted by molar-refractivity contribution is 7.98. The molecule has 2 aromatic carbocycles. The number of hydrogen-bond donors (Lipinski definition) is 1. The second-order valence-corrected chi connectivity index (χ2v) is 7.47. The van der Waals surface area contributed by atoms with Gasteiger partial charge in [0.15, 0.2) is 11.9 Å². The molecule has 1 atom stereocenters. The maximum atomic E-state index is 12.2. The van der Waals surface area contributed by atoms with E-state index in [-0.39, 0.29) is 18.6 Å². The molecule has 2 aromatic rings. The number of amides is 1. The summed E-state index contributed by atoms with van der Waals surface area (Å²) in [5.41, 5.74) is 1.84. The first-order chi connectivity index (χ1) is 13.3. The summed E-state index contributed by atoms with van der Waals surface area (Å²) in [6.07, 6.45) is 0.912. The van der Waals surface area contributed by atoms with E-state index >= 15 is 0 Å². The number of halogens is 1. The fourth-order valence-corrected chi connectivity index (χ4v) is 3.01.